The Morgan fingerprint density at radius 3 is 2.61 bits per heavy atom. The first-order valence-electron chi connectivity index (χ1n) is 8.48. The van der Waals surface area contributed by atoms with Gasteiger partial charge in [0.25, 0.3) is 15.9 Å². The summed E-state index contributed by atoms with van der Waals surface area (Å²) in [6, 6.07) is 15.2. The van der Waals surface area contributed by atoms with E-state index in [1.165, 1.54) is 13.2 Å². The lowest BCUT2D eigenvalue weighted by Gasteiger charge is -2.14. The Morgan fingerprint density at radius 2 is 1.89 bits per heavy atom. The molecule has 0 spiro atoms. The summed E-state index contributed by atoms with van der Waals surface area (Å²) in [4.78, 5) is 13.5. The summed E-state index contributed by atoms with van der Waals surface area (Å²) in [7, 11) is -2.43. The van der Waals surface area contributed by atoms with Gasteiger partial charge in [0.15, 0.2) is 0 Å². The predicted octanol–water partition coefficient (Wildman–Crippen LogP) is 3.80. The standard InChI is InChI=1S/C20H20N2O4S2/c1-14-9-10-15(20(23)21-13-16-6-5-11-27-16)12-19(14)28(24,25)22-17-7-3-4-8-18(17)26-2/h3-12,22H,13H2,1-2H3,(H,21,23). The van der Waals surface area contributed by atoms with Crippen LogP contribution in [0.15, 0.2) is 64.9 Å². The normalized spacial score (nSPS) is 11.1. The lowest BCUT2D eigenvalue weighted by atomic mass is 10.1. The molecule has 6 nitrogen and oxygen atoms in total. The Morgan fingerprint density at radius 1 is 1.11 bits per heavy atom. The molecule has 2 N–H and O–H groups in total. The van der Waals surface area contributed by atoms with E-state index in [1.807, 2.05) is 17.5 Å². The van der Waals surface area contributed by atoms with E-state index in [2.05, 4.69) is 10.0 Å². The molecular formula is C20H20N2O4S2. The minimum atomic E-state index is -3.90. The van der Waals surface area contributed by atoms with Gasteiger partial charge in [0.2, 0.25) is 0 Å². The monoisotopic (exact) mass is 416 g/mol. The Labute approximate surface area is 168 Å². The molecule has 0 fully saturated rings. The van der Waals surface area contributed by atoms with Gasteiger partial charge in [-0.15, -0.1) is 11.3 Å². The van der Waals surface area contributed by atoms with Gasteiger partial charge in [-0.05, 0) is 48.2 Å². The maximum atomic E-state index is 12.9. The summed E-state index contributed by atoms with van der Waals surface area (Å²) < 4.78 is 33.6. The zero-order chi connectivity index (χ0) is 20.1. The fourth-order valence-corrected chi connectivity index (χ4v) is 4.63. The van der Waals surface area contributed by atoms with Gasteiger partial charge in [-0.3, -0.25) is 9.52 Å². The molecular weight excluding hydrogens is 396 g/mol. The number of carbonyl (C=O) groups excluding carboxylic acids is 1. The Kier molecular flexibility index (Phi) is 6.01. The summed E-state index contributed by atoms with van der Waals surface area (Å²) in [6.45, 7) is 2.08. The van der Waals surface area contributed by atoms with E-state index in [4.69, 9.17) is 4.74 Å². The average molecular weight is 417 g/mol. The van der Waals surface area contributed by atoms with Crippen molar-refractivity contribution in [1.82, 2.24) is 5.32 Å². The molecule has 1 aromatic heterocycles. The molecule has 0 aliphatic rings. The van der Waals surface area contributed by atoms with Gasteiger partial charge in [0.1, 0.15) is 5.75 Å². The molecule has 0 radical (unpaired) electrons. The van der Waals surface area contributed by atoms with Gasteiger partial charge >= 0.3 is 0 Å². The third-order valence-corrected chi connectivity index (χ3v) is 6.48. The molecule has 0 bridgehead atoms. The van der Waals surface area contributed by atoms with Crippen LogP contribution in [0.2, 0.25) is 0 Å². The van der Waals surface area contributed by atoms with Crippen LogP contribution in [0.4, 0.5) is 5.69 Å². The first kappa shape index (κ1) is 19.9. The smallest absolute Gasteiger partial charge is 0.262 e. The molecule has 0 saturated carbocycles. The van der Waals surface area contributed by atoms with E-state index in [-0.39, 0.29) is 16.4 Å². The van der Waals surface area contributed by atoms with Crippen LogP contribution in [0.25, 0.3) is 0 Å². The first-order valence-corrected chi connectivity index (χ1v) is 10.8. The zero-order valence-corrected chi connectivity index (χ0v) is 17.1. The van der Waals surface area contributed by atoms with E-state index in [9.17, 15) is 13.2 Å². The second kappa shape index (κ2) is 8.45. The summed E-state index contributed by atoms with van der Waals surface area (Å²) in [5.41, 5.74) is 1.15. The van der Waals surface area contributed by atoms with Crippen molar-refractivity contribution in [2.24, 2.45) is 0 Å². The Balaban J connectivity index is 1.84. The molecule has 0 aliphatic carbocycles. The SMILES string of the molecule is COc1ccccc1NS(=O)(=O)c1cc(C(=O)NCc2cccs2)ccc1C. The fraction of sp³-hybridized carbons (Fsp3) is 0.150. The summed E-state index contributed by atoms with van der Waals surface area (Å²) in [6.07, 6.45) is 0. The molecule has 1 amide bonds. The number of para-hydroxylation sites is 2. The maximum absolute atomic E-state index is 12.9. The third-order valence-electron chi connectivity index (χ3n) is 4.09. The average Bonchev–Trinajstić information content (AvgIpc) is 3.20. The highest BCUT2D eigenvalue weighted by Gasteiger charge is 2.20. The van der Waals surface area contributed by atoms with Gasteiger partial charge < -0.3 is 10.1 Å². The van der Waals surface area contributed by atoms with Crippen LogP contribution in [0.3, 0.4) is 0 Å². The van der Waals surface area contributed by atoms with Crippen LogP contribution in [-0.2, 0) is 16.6 Å². The van der Waals surface area contributed by atoms with Crippen LogP contribution < -0.4 is 14.8 Å². The quantitative estimate of drug-likeness (QED) is 0.614. The van der Waals surface area contributed by atoms with E-state index in [0.29, 0.717) is 23.5 Å². The molecule has 0 aliphatic heterocycles. The van der Waals surface area contributed by atoms with Gasteiger partial charge in [0, 0.05) is 10.4 Å². The number of carbonyl (C=O) groups is 1. The van der Waals surface area contributed by atoms with Crippen LogP contribution in [-0.4, -0.2) is 21.4 Å². The lowest BCUT2D eigenvalue weighted by Crippen LogP contribution is -2.23. The Hall–Kier alpha value is -2.84. The van der Waals surface area contributed by atoms with Crippen molar-refractivity contribution < 1.29 is 17.9 Å². The lowest BCUT2D eigenvalue weighted by molar-refractivity contribution is 0.0951. The number of amides is 1. The number of anilines is 1. The van der Waals surface area contributed by atoms with Crippen molar-refractivity contribution in [1.29, 1.82) is 0 Å². The summed E-state index contributed by atoms with van der Waals surface area (Å²) in [5, 5.41) is 4.74. The molecule has 1 heterocycles. The number of nitrogens with one attached hydrogen (secondary N) is 2. The highest BCUT2D eigenvalue weighted by molar-refractivity contribution is 7.92. The topological polar surface area (TPSA) is 84.5 Å². The van der Waals surface area contributed by atoms with Crippen molar-refractivity contribution in [2.75, 3.05) is 11.8 Å². The van der Waals surface area contributed by atoms with Gasteiger partial charge in [-0.1, -0.05) is 24.3 Å². The highest BCUT2D eigenvalue weighted by Crippen LogP contribution is 2.27. The number of ether oxygens (including phenoxy) is 1. The van der Waals surface area contributed by atoms with Crippen molar-refractivity contribution in [3.63, 3.8) is 0 Å². The fourth-order valence-electron chi connectivity index (χ4n) is 2.64. The van der Waals surface area contributed by atoms with E-state index in [1.54, 1.807) is 54.7 Å². The van der Waals surface area contributed by atoms with Gasteiger partial charge in [0.05, 0.1) is 24.2 Å². The molecule has 0 unspecified atom stereocenters. The number of benzene rings is 2. The number of hydrogen-bond acceptors (Lipinski definition) is 5. The van der Waals surface area contributed by atoms with Gasteiger partial charge in [-0.2, -0.15) is 0 Å². The number of sulfonamides is 1. The van der Waals surface area contributed by atoms with E-state index >= 15 is 0 Å². The number of thiophene rings is 1. The minimum Gasteiger partial charge on any atom is -0.495 e. The largest absolute Gasteiger partial charge is 0.495 e. The molecule has 0 atom stereocenters. The second-order valence-electron chi connectivity index (χ2n) is 6.05. The number of rotatable bonds is 7. The van der Waals surface area contributed by atoms with E-state index in [0.717, 1.165) is 4.88 Å². The molecule has 0 saturated heterocycles. The van der Waals surface area contributed by atoms with Crippen LogP contribution >= 0.6 is 11.3 Å². The highest BCUT2D eigenvalue weighted by atomic mass is 32.2. The van der Waals surface area contributed by atoms with E-state index < -0.39 is 10.0 Å². The molecule has 8 heteroatoms. The third kappa shape index (κ3) is 4.52. The van der Waals surface area contributed by atoms with Crippen LogP contribution in [0.5, 0.6) is 5.75 Å². The summed E-state index contributed by atoms with van der Waals surface area (Å²) in [5.74, 6) is 0.0794. The van der Waals surface area contributed by atoms with Crippen molar-refractivity contribution >= 4 is 33.0 Å². The predicted molar refractivity (Wildman–Crippen MR) is 110 cm³/mol. The van der Waals surface area contributed by atoms with Crippen molar-refractivity contribution in [3.8, 4) is 5.75 Å². The number of hydrogen-bond donors (Lipinski definition) is 2. The Bertz CT molecular complexity index is 1080. The number of aryl methyl sites for hydroxylation is 1. The van der Waals surface area contributed by atoms with Crippen LogP contribution in [0.1, 0.15) is 20.8 Å². The molecule has 28 heavy (non-hydrogen) atoms. The maximum Gasteiger partial charge on any atom is 0.262 e. The van der Waals surface area contributed by atoms with Crippen molar-refractivity contribution in [2.45, 2.75) is 18.4 Å². The molecule has 146 valence electrons. The molecule has 2 aromatic carbocycles. The first-order chi connectivity index (χ1) is 13.4. The zero-order valence-electron chi connectivity index (χ0n) is 15.4. The van der Waals surface area contributed by atoms with Crippen molar-refractivity contribution in [3.05, 3.63) is 76.0 Å². The van der Waals surface area contributed by atoms with Crippen LogP contribution in [0, 0.1) is 6.92 Å². The molecule has 3 aromatic rings. The van der Waals surface area contributed by atoms with Gasteiger partial charge in [-0.25, -0.2) is 8.42 Å². The number of methoxy groups -OCH3 is 1. The summed E-state index contributed by atoms with van der Waals surface area (Å²) >= 11 is 1.54. The molecule has 3 rings (SSSR count). The second-order valence-corrected chi connectivity index (χ2v) is 8.73. The minimum absolute atomic E-state index is 0.0437.